The van der Waals surface area contributed by atoms with Gasteiger partial charge in [0.1, 0.15) is 24.5 Å². The molecular formula is C21H20N2O9. The van der Waals surface area contributed by atoms with E-state index in [0.29, 0.717) is 0 Å². The number of amides is 1. The Kier molecular flexibility index (Phi) is 7.21. The van der Waals surface area contributed by atoms with Gasteiger partial charge in [-0.15, -0.1) is 0 Å². The Labute approximate surface area is 182 Å². The van der Waals surface area contributed by atoms with Crippen LogP contribution in [0.25, 0.3) is 0 Å². The summed E-state index contributed by atoms with van der Waals surface area (Å²) >= 11 is 0. The summed E-state index contributed by atoms with van der Waals surface area (Å²) in [4.78, 5) is 48.0. The van der Waals surface area contributed by atoms with E-state index >= 15 is 0 Å². The van der Waals surface area contributed by atoms with Crippen molar-refractivity contribution in [2.45, 2.75) is 25.2 Å². The number of carbonyl (C=O) groups excluding carboxylic acids is 3. The van der Waals surface area contributed by atoms with Crippen LogP contribution >= 0.6 is 0 Å². The van der Waals surface area contributed by atoms with Gasteiger partial charge in [0.05, 0.1) is 18.6 Å². The Morgan fingerprint density at radius 3 is 2.41 bits per heavy atom. The van der Waals surface area contributed by atoms with E-state index < -0.39 is 35.3 Å². The number of esters is 1. The first-order valence-electron chi connectivity index (χ1n) is 9.55. The topological polar surface area (TPSA) is 135 Å². The number of likely N-dealkylation sites (tertiary alicyclic amines) is 1. The highest BCUT2D eigenvalue weighted by Crippen LogP contribution is 2.24. The van der Waals surface area contributed by atoms with Gasteiger partial charge in [0.25, 0.3) is 5.69 Å². The average Bonchev–Trinajstić information content (AvgIpc) is 3.21. The molecule has 168 valence electrons. The van der Waals surface area contributed by atoms with E-state index in [1.54, 1.807) is 24.3 Å². The van der Waals surface area contributed by atoms with Gasteiger partial charge in [-0.25, -0.2) is 14.4 Å². The quantitative estimate of drug-likeness (QED) is 0.216. The zero-order chi connectivity index (χ0) is 23.1. The largest absolute Gasteiger partial charge is 0.514 e. The van der Waals surface area contributed by atoms with Crippen LogP contribution in [-0.2, 0) is 25.6 Å². The van der Waals surface area contributed by atoms with E-state index in [1.165, 1.54) is 31.4 Å². The summed E-state index contributed by atoms with van der Waals surface area (Å²) in [6.45, 7) is -0.0828. The van der Waals surface area contributed by atoms with Gasteiger partial charge >= 0.3 is 18.2 Å². The van der Waals surface area contributed by atoms with Crippen LogP contribution in [0.15, 0.2) is 54.6 Å². The Morgan fingerprint density at radius 1 is 1.09 bits per heavy atom. The number of hydrogen-bond donors (Lipinski definition) is 0. The molecule has 0 N–H and O–H groups in total. The van der Waals surface area contributed by atoms with Crippen LogP contribution in [0.3, 0.4) is 0 Å². The maximum Gasteiger partial charge on any atom is 0.514 e. The van der Waals surface area contributed by atoms with Gasteiger partial charge in [-0.1, -0.05) is 30.3 Å². The molecule has 11 nitrogen and oxygen atoms in total. The molecule has 0 spiro atoms. The van der Waals surface area contributed by atoms with Crippen LogP contribution in [0.2, 0.25) is 0 Å². The maximum atomic E-state index is 12.5. The first-order valence-corrected chi connectivity index (χ1v) is 9.55. The molecule has 1 saturated heterocycles. The third-order valence-corrected chi connectivity index (χ3v) is 4.69. The molecule has 1 amide bonds. The molecule has 3 rings (SSSR count). The SMILES string of the molecule is COC(=O)[C@@H]1C[C@@H](OC(=O)Oc2ccc([N+](=O)[O-])cc2)CN1C(=O)OCc1ccccc1. The molecule has 1 fully saturated rings. The molecule has 0 bridgehead atoms. The minimum Gasteiger partial charge on any atom is -0.467 e. The van der Waals surface area contributed by atoms with Crippen LogP contribution in [0.4, 0.5) is 15.3 Å². The highest BCUT2D eigenvalue weighted by atomic mass is 16.7. The Bertz CT molecular complexity index is 979. The number of non-ortho nitro benzene ring substituents is 1. The number of benzene rings is 2. The summed E-state index contributed by atoms with van der Waals surface area (Å²) in [5.74, 6) is -0.626. The van der Waals surface area contributed by atoms with E-state index in [1.807, 2.05) is 6.07 Å². The van der Waals surface area contributed by atoms with Crippen molar-refractivity contribution in [1.82, 2.24) is 4.90 Å². The molecule has 0 radical (unpaired) electrons. The summed E-state index contributed by atoms with van der Waals surface area (Å²) in [6.07, 6.45) is -2.66. The Balaban J connectivity index is 1.58. The predicted molar refractivity (Wildman–Crippen MR) is 108 cm³/mol. The van der Waals surface area contributed by atoms with E-state index in [2.05, 4.69) is 0 Å². The lowest BCUT2D eigenvalue weighted by atomic mass is 10.2. The smallest absolute Gasteiger partial charge is 0.467 e. The van der Waals surface area contributed by atoms with Crippen LogP contribution in [0, 0.1) is 10.1 Å². The highest BCUT2D eigenvalue weighted by Gasteiger charge is 2.43. The molecule has 2 atom stereocenters. The van der Waals surface area contributed by atoms with Crippen molar-refractivity contribution in [3.63, 3.8) is 0 Å². The third-order valence-electron chi connectivity index (χ3n) is 4.69. The van der Waals surface area contributed by atoms with Crippen molar-refractivity contribution in [2.75, 3.05) is 13.7 Å². The molecule has 1 aliphatic rings. The fraction of sp³-hybridized carbons (Fsp3) is 0.286. The summed E-state index contributed by atoms with van der Waals surface area (Å²) < 4.78 is 20.2. The summed E-state index contributed by atoms with van der Waals surface area (Å²) in [6, 6.07) is 12.9. The second-order valence-electron chi connectivity index (χ2n) is 6.81. The first kappa shape index (κ1) is 22.5. The van der Waals surface area contributed by atoms with Crippen molar-refractivity contribution in [2.24, 2.45) is 0 Å². The standard InChI is InChI=1S/C21H20N2O9/c1-29-19(24)18-11-17(12-22(18)20(25)30-13-14-5-3-2-4-6-14)32-21(26)31-16-9-7-15(8-10-16)23(27)28/h2-10,17-18H,11-13H2,1H3/t17-,18+/m1/s1. The van der Waals surface area contributed by atoms with E-state index in [-0.39, 0.29) is 31.0 Å². The van der Waals surface area contributed by atoms with E-state index in [0.717, 1.165) is 10.5 Å². The Morgan fingerprint density at radius 2 is 1.78 bits per heavy atom. The maximum absolute atomic E-state index is 12.5. The van der Waals surface area contributed by atoms with Gasteiger partial charge in [0.2, 0.25) is 0 Å². The van der Waals surface area contributed by atoms with Crippen molar-refractivity contribution in [3.05, 3.63) is 70.3 Å². The number of nitrogens with zero attached hydrogens (tertiary/aromatic N) is 2. The molecule has 1 aliphatic heterocycles. The number of hydrogen-bond acceptors (Lipinski definition) is 9. The molecule has 32 heavy (non-hydrogen) atoms. The lowest BCUT2D eigenvalue weighted by Crippen LogP contribution is -2.41. The zero-order valence-electron chi connectivity index (χ0n) is 17.0. The number of carbonyl (C=O) groups is 3. The lowest BCUT2D eigenvalue weighted by Gasteiger charge is -2.21. The summed E-state index contributed by atoms with van der Waals surface area (Å²) in [5, 5.41) is 10.7. The molecular weight excluding hydrogens is 424 g/mol. The normalized spacial score (nSPS) is 17.3. The number of nitro groups is 1. The first-order chi connectivity index (χ1) is 15.4. The van der Waals surface area contributed by atoms with Crippen LogP contribution < -0.4 is 4.74 Å². The van der Waals surface area contributed by atoms with Gasteiger partial charge < -0.3 is 18.9 Å². The predicted octanol–water partition coefficient (Wildman–Crippen LogP) is 3.06. The highest BCUT2D eigenvalue weighted by molar-refractivity contribution is 5.82. The molecule has 11 heteroatoms. The number of rotatable bonds is 6. The summed E-state index contributed by atoms with van der Waals surface area (Å²) in [5.41, 5.74) is 0.612. The minimum atomic E-state index is -1.08. The van der Waals surface area contributed by atoms with Crippen molar-refractivity contribution < 1.29 is 38.3 Å². The number of ether oxygens (including phenoxy) is 4. The van der Waals surface area contributed by atoms with Crippen LogP contribution in [0.1, 0.15) is 12.0 Å². The molecule has 0 saturated carbocycles. The molecule has 0 unspecified atom stereocenters. The van der Waals surface area contributed by atoms with Crippen LogP contribution in [-0.4, -0.2) is 53.8 Å². The van der Waals surface area contributed by atoms with Gasteiger partial charge in [-0.2, -0.15) is 0 Å². The fourth-order valence-electron chi connectivity index (χ4n) is 3.14. The second-order valence-corrected chi connectivity index (χ2v) is 6.81. The van der Waals surface area contributed by atoms with Gasteiger partial charge in [0, 0.05) is 18.6 Å². The van der Waals surface area contributed by atoms with Crippen molar-refractivity contribution in [3.8, 4) is 5.75 Å². The minimum absolute atomic E-state index is 0.00245. The second kappa shape index (κ2) is 10.2. The average molecular weight is 444 g/mol. The third kappa shape index (κ3) is 5.72. The van der Waals surface area contributed by atoms with E-state index in [4.69, 9.17) is 18.9 Å². The fourth-order valence-corrected chi connectivity index (χ4v) is 3.14. The molecule has 1 heterocycles. The Hall–Kier alpha value is -4.15. The molecule has 2 aromatic rings. The number of nitro benzene ring substituents is 1. The molecule has 0 aromatic heterocycles. The monoisotopic (exact) mass is 444 g/mol. The van der Waals surface area contributed by atoms with Crippen molar-refractivity contribution >= 4 is 23.9 Å². The van der Waals surface area contributed by atoms with Crippen molar-refractivity contribution in [1.29, 1.82) is 0 Å². The zero-order valence-corrected chi connectivity index (χ0v) is 17.0. The van der Waals surface area contributed by atoms with Gasteiger partial charge in [-0.05, 0) is 17.7 Å². The van der Waals surface area contributed by atoms with Gasteiger partial charge in [0.15, 0.2) is 0 Å². The van der Waals surface area contributed by atoms with Gasteiger partial charge in [-0.3, -0.25) is 15.0 Å². The number of methoxy groups -OCH3 is 1. The van der Waals surface area contributed by atoms with E-state index in [9.17, 15) is 24.5 Å². The lowest BCUT2D eigenvalue weighted by molar-refractivity contribution is -0.384. The molecule has 2 aromatic carbocycles. The van der Waals surface area contributed by atoms with Crippen LogP contribution in [0.5, 0.6) is 5.75 Å². The summed E-state index contributed by atoms with van der Waals surface area (Å²) in [7, 11) is 1.19. The molecule has 0 aliphatic carbocycles.